The maximum absolute atomic E-state index is 10.7. The van der Waals surface area contributed by atoms with E-state index in [2.05, 4.69) is 5.32 Å². The van der Waals surface area contributed by atoms with Crippen LogP contribution in [0.15, 0.2) is 18.2 Å². The van der Waals surface area contributed by atoms with Gasteiger partial charge in [0.2, 0.25) is 0 Å². The van der Waals surface area contributed by atoms with Crippen molar-refractivity contribution in [2.75, 3.05) is 0 Å². The Morgan fingerprint density at radius 3 is 2.60 bits per heavy atom. The molecule has 0 saturated carbocycles. The highest BCUT2D eigenvalue weighted by molar-refractivity contribution is 6.42. The van der Waals surface area contributed by atoms with E-state index < -0.39 is 11.9 Å². The van der Waals surface area contributed by atoms with Gasteiger partial charge >= 0.3 is 11.9 Å². The van der Waals surface area contributed by atoms with E-state index in [-0.39, 0.29) is 6.54 Å². The molecule has 6 heteroatoms. The van der Waals surface area contributed by atoms with Crippen molar-refractivity contribution in [2.24, 2.45) is 0 Å². The molecule has 0 unspecified atom stereocenters. The van der Waals surface area contributed by atoms with E-state index in [1.807, 2.05) is 0 Å². The van der Waals surface area contributed by atoms with Gasteiger partial charge in [-0.1, -0.05) is 35.3 Å². The first-order valence-corrected chi connectivity index (χ1v) is 4.72. The first-order valence-electron chi connectivity index (χ1n) is 3.96. The number of carboxylic acid groups (broad SMARTS) is 1. The maximum Gasteiger partial charge on any atom is 0.394 e. The Morgan fingerprint density at radius 1 is 1.33 bits per heavy atom. The largest absolute Gasteiger partial charge is 0.474 e. The molecule has 0 heterocycles. The van der Waals surface area contributed by atoms with Crippen LogP contribution in [0.3, 0.4) is 0 Å². The van der Waals surface area contributed by atoms with Crippen molar-refractivity contribution in [3.63, 3.8) is 0 Å². The molecule has 1 aromatic rings. The third-order valence-electron chi connectivity index (χ3n) is 1.67. The molecule has 80 valence electrons. The molecule has 0 aromatic heterocycles. The lowest BCUT2D eigenvalue weighted by Crippen LogP contribution is -2.30. The maximum atomic E-state index is 10.7. The molecule has 0 fully saturated rings. The fourth-order valence-corrected chi connectivity index (χ4v) is 1.32. The molecule has 0 bridgehead atoms. The topological polar surface area (TPSA) is 66.4 Å². The number of hydrogen-bond donors (Lipinski definition) is 2. The second-order valence-electron chi connectivity index (χ2n) is 2.70. The molecule has 0 spiro atoms. The van der Waals surface area contributed by atoms with Crippen molar-refractivity contribution in [1.82, 2.24) is 5.32 Å². The van der Waals surface area contributed by atoms with Crippen molar-refractivity contribution in [3.05, 3.63) is 33.8 Å². The van der Waals surface area contributed by atoms with Crippen LogP contribution < -0.4 is 5.32 Å². The predicted octanol–water partition coefficient (Wildman–Crippen LogP) is 1.69. The van der Waals surface area contributed by atoms with E-state index in [1.54, 1.807) is 18.2 Å². The molecule has 1 rings (SSSR count). The lowest BCUT2D eigenvalue weighted by atomic mass is 10.2. The first kappa shape index (κ1) is 11.8. The Morgan fingerprint density at radius 2 is 2.00 bits per heavy atom. The second-order valence-corrected chi connectivity index (χ2v) is 3.49. The summed E-state index contributed by atoms with van der Waals surface area (Å²) in [6.45, 7) is 0.0323. The van der Waals surface area contributed by atoms with Gasteiger partial charge in [0.1, 0.15) is 0 Å². The summed E-state index contributed by atoms with van der Waals surface area (Å²) in [7, 11) is 0. The summed E-state index contributed by atoms with van der Waals surface area (Å²) in [6.07, 6.45) is 0. The number of benzene rings is 1. The van der Waals surface area contributed by atoms with Crippen molar-refractivity contribution in [1.29, 1.82) is 0 Å². The van der Waals surface area contributed by atoms with E-state index >= 15 is 0 Å². The lowest BCUT2D eigenvalue weighted by molar-refractivity contribution is -0.150. The zero-order valence-electron chi connectivity index (χ0n) is 7.46. The van der Waals surface area contributed by atoms with E-state index in [1.165, 1.54) is 0 Å². The predicted molar refractivity (Wildman–Crippen MR) is 55.9 cm³/mol. The van der Waals surface area contributed by atoms with Gasteiger partial charge in [0.05, 0.1) is 10.0 Å². The van der Waals surface area contributed by atoms with E-state index in [4.69, 9.17) is 28.3 Å². The number of carbonyl (C=O) groups is 2. The number of carboxylic acids is 1. The smallest absolute Gasteiger partial charge is 0.394 e. The highest BCUT2D eigenvalue weighted by atomic mass is 35.5. The van der Waals surface area contributed by atoms with Crippen molar-refractivity contribution < 1.29 is 14.7 Å². The van der Waals surface area contributed by atoms with Crippen LogP contribution in [-0.2, 0) is 16.1 Å². The quantitative estimate of drug-likeness (QED) is 0.782. The second kappa shape index (κ2) is 5.00. The molecule has 0 aliphatic carbocycles. The minimum Gasteiger partial charge on any atom is -0.474 e. The Labute approximate surface area is 95.8 Å². The Hall–Kier alpha value is -1.26. The highest BCUT2D eigenvalue weighted by Gasteiger charge is 2.11. The molecule has 0 radical (unpaired) electrons. The van der Waals surface area contributed by atoms with Gasteiger partial charge in [-0.05, 0) is 11.6 Å². The molecule has 0 aliphatic rings. The van der Waals surface area contributed by atoms with Crippen LogP contribution in [-0.4, -0.2) is 17.0 Å². The van der Waals surface area contributed by atoms with E-state index in [0.29, 0.717) is 15.6 Å². The van der Waals surface area contributed by atoms with E-state index in [0.717, 1.165) is 0 Å². The number of rotatable bonds is 2. The van der Waals surface area contributed by atoms with Crippen molar-refractivity contribution in [2.45, 2.75) is 6.54 Å². The monoisotopic (exact) mass is 247 g/mol. The third kappa shape index (κ3) is 3.11. The van der Waals surface area contributed by atoms with Gasteiger partial charge in [0, 0.05) is 6.54 Å². The fourth-order valence-electron chi connectivity index (χ4n) is 0.936. The van der Waals surface area contributed by atoms with Gasteiger partial charge in [-0.15, -0.1) is 0 Å². The van der Waals surface area contributed by atoms with E-state index in [9.17, 15) is 9.59 Å². The summed E-state index contributed by atoms with van der Waals surface area (Å²) in [5, 5.41) is 11.2. The average molecular weight is 248 g/mol. The molecule has 4 nitrogen and oxygen atoms in total. The number of hydrogen-bond acceptors (Lipinski definition) is 2. The molecular formula is C9H7Cl2NO3. The number of halogens is 2. The summed E-state index contributed by atoms with van der Waals surface area (Å²) in [6, 6.07) is 4.92. The molecule has 2 N–H and O–H groups in total. The number of aliphatic carboxylic acids is 1. The Balaban J connectivity index is 2.70. The van der Waals surface area contributed by atoms with Gasteiger partial charge in [-0.2, -0.15) is 0 Å². The summed E-state index contributed by atoms with van der Waals surface area (Å²) in [5.41, 5.74) is 0.568. The highest BCUT2D eigenvalue weighted by Crippen LogP contribution is 2.25. The van der Waals surface area contributed by atoms with Crippen LogP contribution in [0.5, 0.6) is 0 Å². The first-order chi connectivity index (χ1) is 7.02. The van der Waals surface area contributed by atoms with Gasteiger partial charge in [-0.25, -0.2) is 4.79 Å². The van der Waals surface area contributed by atoms with Crippen molar-refractivity contribution in [3.8, 4) is 0 Å². The van der Waals surface area contributed by atoms with Crippen LogP contribution in [0.2, 0.25) is 10.0 Å². The van der Waals surface area contributed by atoms with Gasteiger partial charge in [0.15, 0.2) is 0 Å². The van der Waals surface area contributed by atoms with Crippen LogP contribution >= 0.6 is 23.2 Å². The van der Waals surface area contributed by atoms with Gasteiger partial charge in [0.25, 0.3) is 0 Å². The standard InChI is InChI=1S/C9H7Cl2NO3/c10-6-3-1-2-5(7(6)11)4-12-8(13)9(14)15/h1-3H,4H2,(H,12,13)(H,14,15). The minimum atomic E-state index is -1.53. The summed E-state index contributed by atoms with van der Waals surface area (Å²) in [5.74, 6) is -2.61. The molecule has 0 saturated heterocycles. The molecule has 1 amide bonds. The third-order valence-corrected chi connectivity index (χ3v) is 2.52. The molecule has 1 aromatic carbocycles. The van der Waals surface area contributed by atoms with Crippen LogP contribution in [0.1, 0.15) is 5.56 Å². The van der Waals surface area contributed by atoms with Crippen molar-refractivity contribution >= 4 is 35.1 Å². The summed E-state index contributed by atoms with van der Waals surface area (Å²) >= 11 is 11.6. The van der Waals surface area contributed by atoms with Gasteiger partial charge < -0.3 is 10.4 Å². The SMILES string of the molecule is O=C(O)C(=O)NCc1cccc(Cl)c1Cl. The molecule has 15 heavy (non-hydrogen) atoms. The molecule has 0 aliphatic heterocycles. The zero-order chi connectivity index (χ0) is 11.4. The Bertz CT molecular complexity index is 406. The van der Waals surface area contributed by atoms with Gasteiger partial charge in [-0.3, -0.25) is 4.79 Å². The zero-order valence-corrected chi connectivity index (χ0v) is 8.97. The van der Waals surface area contributed by atoms with Crippen LogP contribution in [0, 0.1) is 0 Å². The molecular weight excluding hydrogens is 241 g/mol. The number of nitrogens with one attached hydrogen (secondary N) is 1. The Kier molecular flexibility index (Phi) is 3.94. The normalized spacial score (nSPS) is 9.73. The lowest BCUT2D eigenvalue weighted by Gasteiger charge is -2.05. The fraction of sp³-hybridized carbons (Fsp3) is 0.111. The number of amides is 1. The minimum absolute atomic E-state index is 0.0323. The van der Waals surface area contributed by atoms with Crippen LogP contribution in [0.25, 0.3) is 0 Å². The molecule has 0 atom stereocenters. The summed E-state index contributed by atoms with van der Waals surface area (Å²) < 4.78 is 0. The number of carbonyl (C=O) groups excluding carboxylic acids is 1. The summed E-state index contributed by atoms with van der Waals surface area (Å²) in [4.78, 5) is 20.9. The average Bonchev–Trinajstić information content (AvgIpc) is 2.19. The van der Waals surface area contributed by atoms with Crippen LogP contribution in [0.4, 0.5) is 0 Å².